The average molecular weight is 120 g/mol. The molecule has 0 aliphatic carbocycles. The second-order valence-corrected chi connectivity index (χ2v) is 2.80. The zero-order valence-corrected chi connectivity index (χ0v) is 5.87. The zero-order chi connectivity index (χ0) is 5.86. The van der Waals surface area contributed by atoms with Gasteiger partial charge < -0.3 is 0 Å². The van der Waals surface area contributed by atoms with Gasteiger partial charge in [-0.15, -0.1) is 11.6 Å². The first-order chi connectivity index (χ1) is 3.13. The van der Waals surface area contributed by atoms with Crippen molar-refractivity contribution < 1.29 is 0 Å². The van der Waals surface area contributed by atoms with E-state index in [0.29, 0.717) is 5.92 Å². The van der Waals surface area contributed by atoms with Crippen LogP contribution in [0.3, 0.4) is 0 Å². The van der Waals surface area contributed by atoms with Gasteiger partial charge >= 0.3 is 0 Å². The van der Waals surface area contributed by atoms with E-state index in [-0.39, 0.29) is 5.38 Å². The normalized spacial score (nSPS) is 15.0. The lowest BCUT2D eigenvalue weighted by Crippen LogP contribution is -1.97. The van der Waals surface area contributed by atoms with E-state index in [1.54, 1.807) is 0 Å². The van der Waals surface area contributed by atoms with Crippen LogP contribution in [-0.4, -0.2) is 5.38 Å². The van der Waals surface area contributed by atoms with Crippen molar-refractivity contribution in [3.63, 3.8) is 0 Å². The highest BCUT2D eigenvalue weighted by Crippen LogP contribution is 2.06. The van der Waals surface area contributed by atoms with E-state index < -0.39 is 0 Å². The largest absolute Gasteiger partial charge is 0.123 e. The molecule has 0 saturated heterocycles. The Morgan fingerprint density at radius 1 is 1.29 bits per heavy atom. The maximum atomic E-state index is 5.62. The van der Waals surface area contributed by atoms with Crippen LogP contribution in [0.2, 0.25) is 0 Å². The summed E-state index contributed by atoms with van der Waals surface area (Å²) in [5, 5.41) is 0.222. The minimum Gasteiger partial charge on any atom is -0.123 e. The highest BCUT2D eigenvalue weighted by Gasteiger charge is 1.98. The fourth-order valence-corrected chi connectivity index (χ4v) is 0.821. The van der Waals surface area contributed by atoms with Crippen LogP contribution in [0.15, 0.2) is 0 Å². The molecule has 0 bridgehead atoms. The quantitative estimate of drug-likeness (QED) is 0.490. The average Bonchev–Trinajstić information content (AvgIpc) is 1.27. The third-order valence-electron chi connectivity index (χ3n) is 0.650. The molecule has 0 amide bonds. The number of alkyl halides is 1. The summed E-state index contributed by atoms with van der Waals surface area (Å²) < 4.78 is 0. The van der Waals surface area contributed by atoms with Crippen LogP contribution in [0.25, 0.3) is 0 Å². The lowest BCUT2D eigenvalue weighted by Gasteiger charge is -2.02. The molecule has 0 aliphatic heterocycles. The molecule has 1 atom stereocenters. The molecule has 43 valence electrons. The van der Waals surface area contributed by atoms with Crippen LogP contribution in [0.5, 0.6) is 0 Å². The molecule has 7 heavy (non-hydrogen) atoms. The lowest BCUT2D eigenvalue weighted by atomic mass is 10.1. The van der Waals surface area contributed by atoms with Crippen molar-refractivity contribution in [2.24, 2.45) is 5.92 Å². The highest BCUT2D eigenvalue weighted by molar-refractivity contribution is 6.21. The molecule has 0 aliphatic rings. The van der Waals surface area contributed by atoms with Gasteiger partial charge in [-0.25, -0.2) is 0 Å². The van der Waals surface area contributed by atoms with Gasteiger partial charge in [0.05, 0.1) is 0 Å². The molecule has 0 N–H and O–H groups in total. The molecule has 0 saturated carbocycles. The van der Waals surface area contributed by atoms with Gasteiger partial charge in [0.1, 0.15) is 0 Å². The zero-order valence-electron chi connectivity index (χ0n) is 5.11. The standard InChI is InChI=1S/C6H12Cl/c1-5(2)4-6(3)7/h4-6H,1-3H3. The molecule has 0 spiro atoms. The van der Waals surface area contributed by atoms with Crippen LogP contribution in [0.1, 0.15) is 20.8 Å². The van der Waals surface area contributed by atoms with Gasteiger partial charge in [0, 0.05) is 5.38 Å². The van der Waals surface area contributed by atoms with Crippen molar-refractivity contribution in [3.8, 4) is 0 Å². The summed E-state index contributed by atoms with van der Waals surface area (Å²) in [5.74, 6) is 0.618. The molecule has 0 heterocycles. The molecular formula is C6H12Cl. The molecule has 0 aromatic heterocycles. The number of hydrogen-bond donors (Lipinski definition) is 0. The highest BCUT2D eigenvalue weighted by atomic mass is 35.5. The van der Waals surface area contributed by atoms with E-state index in [2.05, 4.69) is 20.3 Å². The summed E-state index contributed by atoms with van der Waals surface area (Å²) in [6.07, 6.45) is 2.10. The Morgan fingerprint density at radius 2 is 1.71 bits per heavy atom. The molecular weight excluding hydrogens is 108 g/mol. The Morgan fingerprint density at radius 3 is 1.71 bits per heavy atom. The lowest BCUT2D eigenvalue weighted by molar-refractivity contribution is 0.726. The summed E-state index contributed by atoms with van der Waals surface area (Å²) >= 11 is 5.62. The SMILES string of the molecule is CC(C)[CH]C(C)Cl. The van der Waals surface area contributed by atoms with E-state index in [4.69, 9.17) is 11.6 Å². The first kappa shape index (κ1) is 7.29. The summed E-state index contributed by atoms with van der Waals surface area (Å²) in [6.45, 7) is 6.22. The van der Waals surface area contributed by atoms with E-state index in [9.17, 15) is 0 Å². The van der Waals surface area contributed by atoms with Crippen molar-refractivity contribution in [2.75, 3.05) is 0 Å². The van der Waals surface area contributed by atoms with Gasteiger partial charge in [0.25, 0.3) is 0 Å². The summed E-state index contributed by atoms with van der Waals surface area (Å²) in [5.41, 5.74) is 0. The first-order valence-electron chi connectivity index (χ1n) is 2.62. The topological polar surface area (TPSA) is 0 Å². The second kappa shape index (κ2) is 3.31. The summed E-state index contributed by atoms with van der Waals surface area (Å²) in [6, 6.07) is 0. The molecule has 0 rings (SSSR count). The molecule has 0 aromatic rings. The van der Waals surface area contributed by atoms with Crippen LogP contribution in [0, 0.1) is 12.3 Å². The van der Waals surface area contributed by atoms with Crippen molar-refractivity contribution >= 4 is 11.6 Å². The van der Waals surface area contributed by atoms with Crippen LogP contribution in [-0.2, 0) is 0 Å². The molecule has 1 heteroatoms. The molecule has 0 nitrogen and oxygen atoms in total. The van der Waals surface area contributed by atoms with Crippen molar-refractivity contribution in [3.05, 3.63) is 6.42 Å². The minimum atomic E-state index is 0.222. The van der Waals surface area contributed by atoms with Crippen molar-refractivity contribution in [1.82, 2.24) is 0 Å². The van der Waals surface area contributed by atoms with Crippen LogP contribution < -0.4 is 0 Å². The molecule has 0 aromatic carbocycles. The maximum Gasteiger partial charge on any atom is 0.0341 e. The Labute approximate surface area is 50.9 Å². The fourth-order valence-electron chi connectivity index (χ4n) is 0.530. The number of halogens is 1. The third-order valence-corrected chi connectivity index (χ3v) is 0.796. The Balaban J connectivity index is 2.95. The predicted octanol–water partition coefficient (Wildman–Crippen LogP) is 2.47. The molecule has 0 fully saturated rings. The van der Waals surface area contributed by atoms with Gasteiger partial charge in [-0.1, -0.05) is 13.8 Å². The van der Waals surface area contributed by atoms with E-state index >= 15 is 0 Å². The van der Waals surface area contributed by atoms with E-state index in [1.807, 2.05) is 6.92 Å². The monoisotopic (exact) mass is 119 g/mol. The van der Waals surface area contributed by atoms with E-state index in [0.717, 1.165) is 0 Å². The van der Waals surface area contributed by atoms with Gasteiger partial charge in [-0.3, -0.25) is 0 Å². The minimum absolute atomic E-state index is 0.222. The van der Waals surface area contributed by atoms with Crippen LogP contribution in [0.4, 0.5) is 0 Å². The smallest absolute Gasteiger partial charge is 0.0341 e. The Hall–Kier alpha value is 0.290. The number of rotatable bonds is 2. The number of hydrogen-bond acceptors (Lipinski definition) is 0. The Kier molecular flexibility index (Phi) is 3.45. The van der Waals surface area contributed by atoms with Gasteiger partial charge in [0.2, 0.25) is 0 Å². The first-order valence-corrected chi connectivity index (χ1v) is 3.05. The Bertz CT molecular complexity index is 33.4. The van der Waals surface area contributed by atoms with Crippen molar-refractivity contribution in [1.29, 1.82) is 0 Å². The van der Waals surface area contributed by atoms with Crippen LogP contribution >= 0.6 is 11.6 Å². The van der Waals surface area contributed by atoms with Gasteiger partial charge in [-0.2, -0.15) is 0 Å². The predicted molar refractivity (Wildman–Crippen MR) is 34.5 cm³/mol. The van der Waals surface area contributed by atoms with Gasteiger partial charge in [-0.05, 0) is 19.3 Å². The maximum absolute atomic E-state index is 5.62. The summed E-state index contributed by atoms with van der Waals surface area (Å²) in [4.78, 5) is 0. The van der Waals surface area contributed by atoms with Crippen molar-refractivity contribution in [2.45, 2.75) is 26.1 Å². The van der Waals surface area contributed by atoms with E-state index in [1.165, 1.54) is 0 Å². The van der Waals surface area contributed by atoms with Gasteiger partial charge in [0.15, 0.2) is 0 Å². The molecule has 1 unspecified atom stereocenters. The second-order valence-electron chi connectivity index (χ2n) is 2.11. The fraction of sp³-hybridized carbons (Fsp3) is 0.833. The molecule has 1 radical (unpaired) electrons. The third kappa shape index (κ3) is 6.29. The summed E-state index contributed by atoms with van der Waals surface area (Å²) in [7, 11) is 0.